The van der Waals surface area contributed by atoms with Crippen LogP contribution in [0.15, 0.2) is 27.4 Å². The molecule has 2 aromatic rings. The van der Waals surface area contributed by atoms with Crippen molar-refractivity contribution in [2.75, 3.05) is 0 Å². The lowest BCUT2D eigenvalue weighted by atomic mass is 10.2. The molecule has 6 nitrogen and oxygen atoms in total. The number of hydrogen-bond donors (Lipinski definition) is 1. The van der Waals surface area contributed by atoms with Crippen molar-refractivity contribution >= 4 is 16.7 Å². The second kappa shape index (κ2) is 2.99. The summed E-state index contributed by atoms with van der Waals surface area (Å²) in [7, 11) is 0. The maximum Gasteiger partial charge on any atom is 0.454 e. The third kappa shape index (κ3) is 1.26. The molecule has 0 radical (unpaired) electrons. The summed E-state index contributed by atoms with van der Waals surface area (Å²) in [6.07, 6.45) is 0. The average Bonchev–Trinajstić information content (AvgIpc) is 2.17. The highest BCUT2D eigenvalue weighted by molar-refractivity contribution is 5.82. The Kier molecular flexibility index (Phi) is 1.80. The lowest BCUT2D eigenvalue weighted by Crippen LogP contribution is -2.04. The van der Waals surface area contributed by atoms with E-state index < -0.39 is 17.1 Å². The highest BCUT2D eigenvalue weighted by Gasteiger charge is 2.17. The summed E-state index contributed by atoms with van der Waals surface area (Å²) in [6.45, 7) is 0. The summed E-state index contributed by atoms with van der Waals surface area (Å²) in [4.78, 5) is 14.1. The number of benzene rings is 1. The average molecular weight is 204 g/mol. The summed E-state index contributed by atoms with van der Waals surface area (Å²) in [5.41, 5.74) is -1.45. The zero-order chi connectivity index (χ0) is 11.0. The number of phenolic OH excluding ortho intramolecular Hbond substituents is 1. The van der Waals surface area contributed by atoms with E-state index >= 15 is 0 Å². The third-order valence-corrected chi connectivity index (χ3v) is 1.92. The Morgan fingerprint density at radius 3 is 2.87 bits per heavy atom. The predicted octanol–water partition coefficient (Wildman–Crippen LogP) is 1.06. The first kappa shape index (κ1) is 9.02. The molecule has 0 amide bonds. The zero-order valence-electron chi connectivity index (χ0n) is 7.30. The fourth-order valence-electron chi connectivity index (χ4n) is 1.24. The first-order valence-electron chi connectivity index (χ1n) is 3.95. The number of hydrogen-bond acceptors (Lipinski definition) is 5. The topological polar surface area (TPSA) is 102 Å². The highest BCUT2D eigenvalue weighted by atomic mass is 16.5. The molecule has 0 unspecified atom stereocenters. The fraction of sp³-hybridized carbons (Fsp3) is 0. The number of nitrogens with zero attached hydrogens (tertiary/aromatic N) is 2. The van der Waals surface area contributed by atoms with Crippen molar-refractivity contribution in [2.24, 2.45) is 0 Å². The van der Waals surface area contributed by atoms with Crippen LogP contribution in [0.5, 0.6) is 11.7 Å². The van der Waals surface area contributed by atoms with Crippen LogP contribution >= 0.6 is 0 Å². The Balaban J connectivity index is 2.99. The molecule has 0 spiro atoms. The molecular weight excluding hydrogens is 200 g/mol. The van der Waals surface area contributed by atoms with Gasteiger partial charge in [0.15, 0.2) is 10.9 Å². The summed E-state index contributed by atoms with van der Waals surface area (Å²) in [5, 5.41) is 28.7. The first-order valence-corrected chi connectivity index (χ1v) is 3.95. The number of diazo groups is 1. The van der Waals surface area contributed by atoms with Gasteiger partial charge in [-0.15, -0.1) is 0 Å². The van der Waals surface area contributed by atoms with Crippen molar-refractivity contribution in [3.8, 4) is 11.7 Å². The Labute approximate surface area is 82.6 Å². The van der Waals surface area contributed by atoms with Crippen molar-refractivity contribution in [2.45, 2.75) is 0 Å². The molecule has 1 aromatic carbocycles. The van der Waals surface area contributed by atoms with E-state index in [0.717, 1.165) is 6.07 Å². The maximum atomic E-state index is 11.5. The summed E-state index contributed by atoms with van der Waals surface area (Å²) in [5.74, 6) is -1.17. The van der Waals surface area contributed by atoms with Crippen LogP contribution in [-0.2, 0) is 0 Å². The summed E-state index contributed by atoms with van der Waals surface area (Å²) >= 11 is 0. The van der Waals surface area contributed by atoms with Gasteiger partial charge < -0.3 is 14.6 Å². The first-order chi connectivity index (χ1) is 7.13. The molecule has 74 valence electrons. The minimum atomic E-state index is -1.04. The van der Waals surface area contributed by atoms with Gasteiger partial charge in [-0.3, -0.25) is 4.79 Å². The Bertz CT molecular complexity index is 639. The minimum Gasteiger partial charge on any atom is -0.573 e. The van der Waals surface area contributed by atoms with Gasteiger partial charge >= 0.3 is 5.69 Å². The molecule has 0 saturated carbocycles. The van der Waals surface area contributed by atoms with E-state index in [2.05, 4.69) is 9.39 Å². The van der Waals surface area contributed by atoms with Crippen LogP contribution in [-0.4, -0.2) is 5.11 Å². The Morgan fingerprint density at radius 2 is 2.20 bits per heavy atom. The van der Waals surface area contributed by atoms with E-state index in [1.807, 2.05) is 0 Å². The standard InChI is InChI=1S/C9H4N2O4/c10-11-7-8(13)5-2-1-4(12)3-6(5)15-9(7)14/h1-3H,(H-,12,13,14). The Hall–Kier alpha value is -2.55. The van der Waals surface area contributed by atoms with Gasteiger partial charge in [-0.1, -0.05) is 0 Å². The van der Waals surface area contributed by atoms with Crippen LogP contribution in [0.3, 0.4) is 0 Å². The van der Waals surface area contributed by atoms with E-state index in [4.69, 9.17) is 10.5 Å². The van der Waals surface area contributed by atoms with E-state index in [-0.39, 0.29) is 16.7 Å². The van der Waals surface area contributed by atoms with Crippen LogP contribution in [0.2, 0.25) is 0 Å². The smallest absolute Gasteiger partial charge is 0.454 e. The minimum absolute atomic E-state index is 0.0441. The molecule has 0 aliphatic rings. The maximum absolute atomic E-state index is 11.5. The SMILES string of the molecule is N#[N+]c1c([O-])oc2cc(O)ccc2c1=O. The molecule has 0 aliphatic carbocycles. The quantitative estimate of drug-likeness (QED) is 0.646. The molecule has 0 bridgehead atoms. The molecule has 1 aromatic heterocycles. The van der Waals surface area contributed by atoms with Crippen molar-refractivity contribution < 1.29 is 14.6 Å². The van der Waals surface area contributed by atoms with E-state index in [1.54, 1.807) is 0 Å². The lowest BCUT2D eigenvalue weighted by molar-refractivity contribution is -0.292. The van der Waals surface area contributed by atoms with Crippen LogP contribution in [0.25, 0.3) is 15.9 Å². The number of rotatable bonds is 0. The molecule has 1 N–H and O–H groups in total. The van der Waals surface area contributed by atoms with Crippen LogP contribution in [0, 0.1) is 5.39 Å². The van der Waals surface area contributed by atoms with Gasteiger partial charge in [-0.05, 0) is 18.2 Å². The van der Waals surface area contributed by atoms with Crippen molar-refractivity contribution in [3.05, 3.63) is 33.4 Å². The second-order valence-electron chi connectivity index (χ2n) is 2.85. The predicted molar refractivity (Wildman–Crippen MR) is 48.3 cm³/mol. The monoisotopic (exact) mass is 204 g/mol. The van der Waals surface area contributed by atoms with Crippen molar-refractivity contribution in [1.82, 2.24) is 0 Å². The third-order valence-electron chi connectivity index (χ3n) is 1.92. The number of phenols is 1. The fourth-order valence-corrected chi connectivity index (χ4v) is 1.24. The summed E-state index contributed by atoms with van der Waals surface area (Å²) in [6, 6.07) is 3.69. The zero-order valence-corrected chi connectivity index (χ0v) is 7.30. The number of aromatic hydroxyl groups is 1. The van der Waals surface area contributed by atoms with Gasteiger partial charge in [-0.25, -0.2) is 0 Å². The largest absolute Gasteiger partial charge is 0.573 e. The molecule has 6 heteroatoms. The molecule has 0 atom stereocenters. The van der Waals surface area contributed by atoms with Gasteiger partial charge in [0, 0.05) is 11.0 Å². The van der Waals surface area contributed by atoms with E-state index in [0.29, 0.717) is 0 Å². The van der Waals surface area contributed by atoms with E-state index in [9.17, 15) is 9.90 Å². The van der Waals surface area contributed by atoms with Gasteiger partial charge in [0.05, 0.1) is 0 Å². The highest BCUT2D eigenvalue weighted by Crippen LogP contribution is 2.26. The normalized spacial score (nSPS) is 10.1. The molecule has 0 aliphatic heterocycles. The van der Waals surface area contributed by atoms with Crippen LogP contribution < -0.4 is 10.5 Å². The van der Waals surface area contributed by atoms with Gasteiger partial charge in [-0.2, -0.15) is 0 Å². The molecule has 15 heavy (non-hydrogen) atoms. The molecule has 1 heterocycles. The van der Waals surface area contributed by atoms with Crippen molar-refractivity contribution in [3.63, 3.8) is 0 Å². The van der Waals surface area contributed by atoms with Crippen molar-refractivity contribution in [1.29, 1.82) is 5.39 Å². The second-order valence-corrected chi connectivity index (χ2v) is 2.85. The van der Waals surface area contributed by atoms with Gasteiger partial charge in [0.1, 0.15) is 5.75 Å². The number of fused-ring (bicyclic) bond motifs is 1. The van der Waals surface area contributed by atoms with Crippen LogP contribution in [0.4, 0.5) is 5.69 Å². The van der Waals surface area contributed by atoms with E-state index in [1.165, 1.54) is 12.1 Å². The lowest BCUT2D eigenvalue weighted by Gasteiger charge is -2.03. The molecule has 0 saturated heterocycles. The molecule has 2 rings (SSSR count). The summed E-state index contributed by atoms with van der Waals surface area (Å²) < 4.78 is 4.68. The van der Waals surface area contributed by atoms with Gasteiger partial charge in [0.2, 0.25) is 5.39 Å². The Morgan fingerprint density at radius 1 is 1.47 bits per heavy atom. The molecule has 0 fully saturated rings. The van der Waals surface area contributed by atoms with Gasteiger partial charge in [0.25, 0.3) is 5.43 Å². The van der Waals surface area contributed by atoms with Crippen LogP contribution in [0.1, 0.15) is 0 Å². The molecular formula is C9H4N2O4.